The van der Waals surface area contributed by atoms with Gasteiger partial charge in [0.1, 0.15) is 5.01 Å². The molecule has 2 heterocycles. The molecule has 3 rings (SSSR count). The number of pyridine rings is 1. The number of fused-ring (bicyclic) bond motifs is 1. The van der Waals surface area contributed by atoms with Gasteiger partial charge in [0, 0.05) is 18.9 Å². The molecular weight excluding hydrogens is 294 g/mol. The second-order valence-electron chi connectivity index (χ2n) is 5.30. The number of aryl methyl sites for hydroxylation is 1. The van der Waals surface area contributed by atoms with Gasteiger partial charge in [0.05, 0.1) is 21.8 Å². The highest BCUT2D eigenvalue weighted by Gasteiger charge is 2.21. The predicted molar refractivity (Wildman–Crippen MR) is 89.1 cm³/mol. The zero-order valence-corrected chi connectivity index (χ0v) is 13.6. The lowest BCUT2D eigenvalue weighted by Crippen LogP contribution is -2.29. The van der Waals surface area contributed by atoms with E-state index in [4.69, 9.17) is 0 Å². The van der Waals surface area contributed by atoms with Gasteiger partial charge in [-0.3, -0.25) is 9.78 Å². The van der Waals surface area contributed by atoms with Crippen LogP contribution in [0.3, 0.4) is 0 Å². The Hall–Kier alpha value is -2.27. The number of aromatic nitrogens is 2. The number of amides is 1. The van der Waals surface area contributed by atoms with Gasteiger partial charge in [-0.15, -0.1) is 11.3 Å². The molecule has 0 saturated carbocycles. The highest BCUT2D eigenvalue weighted by atomic mass is 32.1. The second kappa shape index (κ2) is 5.85. The van der Waals surface area contributed by atoms with Gasteiger partial charge >= 0.3 is 0 Å². The number of thiazole rings is 1. The highest BCUT2D eigenvalue weighted by molar-refractivity contribution is 7.18. The molecule has 0 radical (unpaired) electrons. The SMILES string of the molecule is Cc1ccc(C(=O)N(C)[C@@H](C)c2nc3ccccc3s2)cn1. The van der Waals surface area contributed by atoms with Gasteiger partial charge in [-0.05, 0) is 38.1 Å². The number of nitrogens with zero attached hydrogens (tertiary/aromatic N) is 3. The maximum Gasteiger partial charge on any atom is 0.255 e. The first-order chi connectivity index (χ1) is 10.6. The molecule has 4 nitrogen and oxygen atoms in total. The van der Waals surface area contributed by atoms with Crippen LogP contribution in [0, 0.1) is 6.92 Å². The van der Waals surface area contributed by atoms with E-state index in [9.17, 15) is 4.79 Å². The molecule has 112 valence electrons. The second-order valence-corrected chi connectivity index (χ2v) is 6.36. The number of benzene rings is 1. The maximum atomic E-state index is 12.5. The highest BCUT2D eigenvalue weighted by Crippen LogP contribution is 2.29. The van der Waals surface area contributed by atoms with Crippen molar-refractivity contribution in [1.29, 1.82) is 0 Å². The standard InChI is InChI=1S/C17H17N3OS/c1-11-8-9-13(10-18-11)17(21)20(3)12(2)16-19-14-6-4-5-7-15(14)22-16/h4-10,12H,1-3H3/t12-/m0/s1. The first-order valence-corrected chi connectivity index (χ1v) is 7.93. The van der Waals surface area contributed by atoms with Crippen LogP contribution >= 0.6 is 11.3 Å². The third-order valence-corrected chi connectivity index (χ3v) is 4.93. The zero-order valence-electron chi connectivity index (χ0n) is 12.8. The molecule has 0 aliphatic carbocycles. The molecule has 0 aliphatic rings. The van der Waals surface area contributed by atoms with E-state index >= 15 is 0 Å². The Labute approximate surface area is 133 Å². The minimum absolute atomic E-state index is 0.0424. The fraction of sp³-hybridized carbons (Fsp3) is 0.235. The number of hydrogen-bond donors (Lipinski definition) is 0. The molecule has 22 heavy (non-hydrogen) atoms. The van der Waals surface area contributed by atoms with E-state index in [1.165, 1.54) is 0 Å². The lowest BCUT2D eigenvalue weighted by atomic mass is 10.2. The van der Waals surface area contributed by atoms with Crippen molar-refractivity contribution in [2.75, 3.05) is 7.05 Å². The first kappa shape index (κ1) is 14.7. The molecule has 0 bridgehead atoms. The Morgan fingerprint density at radius 1 is 1.23 bits per heavy atom. The Morgan fingerprint density at radius 3 is 2.68 bits per heavy atom. The molecule has 1 atom stereocenters. The van der Waals surface area contributed by atoms with Crippen LogP contribution in [0.2, 0.25) is 0 Å². The average Bonchev–Trinajstić information content (AvgIpc) is 2.97. The van der Waals surface area contributed by atoms with E-state index in [1.54, 1.807) is 29.5 Å². The van der Waals surface area contributed by atoms with Crippen LogP contribution in [0.25, 0.3) is 10.2 Å². The molecule has 0 saturated heterocycles. The number of para-hydroxylation sites is 1. The predicted octanol–water partition coefficient (Wildman–Crippen LogP) is 3.83. The van der Waals surface area contributed by atoms with E-state index in [0.717, 1.165) is 20.9 Å². The monoisotopic (exact) mass is 311 g/mol. The van der Waals surface area contributed by atoms with Gasteiger partial charge in [0.25, 0.3) is 5.91 Å². The van der Waals surface area contributed by atoms with Crippen molar-refractivity contribution in [3.63, 3.8) is 0 Å². The van der Waals surface area contributed by atoms with E-state index in [0.29, 0.717) is 5.56 Å². The van der Waals surface area contributed by atoms with E-state index in [-0.39, 0.29) is 11.9 Å². The van der Waals surface area contributed by atoms with Crippen LogP contribution in [-0.2, 0) is 0 Å². The van der Waals surface area contributed by atoms with Crippen LogP contribution in [0.5, 0.6) is 0 Å². The van der Waals surface area contributed by atoms with Crippen LogP contribution in [0.15, 0.2) is 42.6 Å². The average molecular weight is 311 g/mol. The van der Waals surface area contributed by atoms with Crippen molar-refractivity contribution < 1.29 is 4.79 Å². The number of hydrogen-bond acceptors (Lipinski definition) is 4. The van der Waals surface area contributed by atoms with Crippen LogP contribution in [-0.4, -0.2) is 27.8 Å². The summed E-state index contributed by atoms with van der Waals surface area (Å²) in [6, 6.07) is 11.6. The van der Waals surface area contributed by atoms with Crippen LogP contribution < -0.4 is 0 Å². The lowest BCUT2D eigenvalue weighted by molar-refractivity contribution is 0.0742. The van der Waals surface area contributed by atoms with Gasteiger partial charge in [0.2, 0.25) is 0 Å². The fourth-order valence-corrected chi connectivity index (χ4v) is 3.27. The van der Waals surface area contributed by atoms with Gasteiger partial charge in [-0.25, -0.2) is 4.98 Å². The molecule has 0 N–H and O–H groups in total. The number of carbonyl (C=O) groups is 1. The Bertz CT molecular complexity index is 777. The normalized spacial score (nSPS) is 12.3. The lowest BCUT2D eigenvalue weighted by Gasteiger charge is -2.23. The Kier molecular flexibility index (Phi) is 3.90. The summed E-state index contributed by atoms with van der Waals surface area (Å²) in [6.45, 7) is 3.90. The third-order valence-electron chi connectivity index (χ3n) is 3.73. The Morgan fingerprint density at radius 2 is 2.00 bits per heavy atom. The molecule has 0 fully saturated rings. The molecule has 0 unspecified atom stereocenters. The Balaban J connectivity index is 1.85. The smallest absolute Gasteiger partial charge is 0.255 e. The summed E-state index contributed by atoms with van der Waals surface area (Å²) in [4.78, 5) is 23.1. The maximum absolute atomic E-state index is 12.5. The van der Waals surface area contributed by atoms with Gasteiger partial charge in [0.15, 0.2) is 0 Å². The quantitative estimate of drug-likeness (QED) is 0.738. The minimum atomic E-state index is -0.0776. The fourth-order valence-electron chi connectivity index (χ4n) is 2.21. The van der Waals surface area contributed by atoms with E-state index in [2.05, 4.69) is 16.0 Å². The van der Waals surface area contributed by atoms with Gasteiger partial charge in [-0.2, -0.15) is 0 Å². The molecule has 2 aromatic heterocycles. The van der Waals surface area contributed by atoms with Crippen molar-refractivity contribution in [1.82, 2.24) is 14.9 Å². The van der Waals surface area contributed by atoms with Crippen molar-refractivity contribution in [3.8, 4) is 0 Å². The van der Waals surface area contributed by atoms with Crippen molar-refractivity contribution in [2.24, 2.45) is 0 Å². The van der Waals surface area contributed by atoms with Crippen LogP contribution in [0.4, 0.5) is 0 Å². The van der Waals surface area contributed by atoms with E-state index in [1.807, 2.05) is 44.2 Å². The van der Waals surface area contributed by atoms with Crippen molar-refractivity contribution in [2.45, 2.75) is 19.9 Å². The van der Waals surface area contributed by atoms with Gasteiger partial charge < -0.3 is 4.90 Å². The summed E-state index contributed by atoms with van der Waals surface area (Å²) < 4.78 is 1.14. The van der Waals surface area contributed by atoms with Gasteiger partial charge in [-0.1, -0.05) is 12.1 Å². The number of rotatable bonds is 3. The minimum Gasteiger partial charge on any atom is -0.332 e. The van der Waals surface area contributed by atoms with E-state index < -0.39 is 0 Å². The summed E-state index contributed by atoms with van der Waals surface area (Å²) >= 11 is 1.63. The third kappa shape index (κ3) is 2.72. The largest absolute Gasteiger partial charge is 0.332 e. The topological polar surface area (TPSA) is 46.1 Å². The molecule has 5 heteroatoms. The molecule has 3 aromatic rings. The molecular formula is C17H17N3OS. The number of carbonyl (C=O) groups excluding carboxylic acids is 1. The van der Waals surface area contributed by atoms with Crippen LogP contribution in [0.1, 0.15) is 34.0 Å². The molecule has 1 aromatic carbocycles. The first-order valence-electron chi connectivity index (χ1n) is 7.11. The molecule has 0 aliphatic heterocycles. The summed E-state index contributed by atoms with van der Waals surface area (Å²) in [6.07, 6.45) is 1.62. The summed E-state index contributed by atoms with van der Waals surface area (Å²) in [7, 11) is 1.80. The summed E-state index contributed by atoms with van der Waals surface area (Å²) in [5.41, 5.74) is 2.48. The molecule has 1 amide bonds. The summed E-state index contributed by atoms with van der Waals surface area (Å²) in [5.74, 6) is -0.0424. The molecule has 0 spiro atoms. The summed E-state index contributed by atoms with van der Waals surface area (Å²) in [5, 5.41) is 0.942. The van der Waals surface area contributed by atoms with Crippen molar-refractivity contribution in [3.05, 3.63) is 58.9 Å². The van der Waals surface area contributed by atoms with Crippen molar-refractivity contribution >= 4 is 27.5 Å². The zero-order chi connectivity index (χ0) is 15.7.